The molecule has 1 aromatic carbocycles. The summed E-state index contributed by atoms with van der Waals surface area (Å²) in [7, 11) is 0. The summed E-state index contributed by atoms with van der Waals surface area (Å²) in [6, 6.07) is 5.18. The number of hydrogen-bond acceptors (Lipinski definition) is 4. The predicted octanol–water partition coefficient (Wildman–Crippen LogP) is 1.26. The van der Waals surface area contributed by atoms with Crippen LogP contribution in [0.25, 0.3) is 11.0 Å². The highest BCUT2D eigenvalue weighted by Gasteiger charge is 1.98. The highest BCUT2D eigenvalue weighted by molar-refractivity contribution is 6.31. The largest absolute Gasteiger partial charge is 0.366 e. The maximum absolute atomic E-state index is 5.73. The highest BCUT2D eigenvalue weighted by Crippen LogP contribution is 2.14. The normalized spacial score (nSPS) is 10.4. The summed E-state index contributed by atoms with van der Waals surface area (Å²) in [5.41, 5.74) is 6.69. The van der Waals surface area contributed by atoms with Gasteiger partial charge in [-0.15, -0.1) is 10.2 Å². The number of rotatable bonds is 0. The Bertz CT molecular complexity index is 387. The van der Waals surface area contributed by atoms with E-state index in [2.05, 4.69) is 15.2 Å². The van der Waals surface area contributed by atoms with Crippen LogP contribution in [0.4, 0.5) is 5.95 Å². The lowest BCUT2D eigenvalue weighted by molar-refractivity contribution is 1.04. The number of nitrogens with zero attached hydrogens (tertiary/aromatic N) is 3. The minimum absolute atomic E-state index is 0.171. The summed E-state index contributed by atoms with van der Waals surface area (Å²) in [6.45, 7) is 0. The summed E-state index contributed by atoms with van der Waals surface area (Å²) in [4.78, 5) is 3.96. The summed E-state index contributed by atoms with van der Waals surface area (Å²) < 4.78 is 0. The van der Waals surface area contributed by atoms with Gasteiger partial charge in [0.2, 0.25) is 5.95 Å². The molecule has 0 fully saturated rings. The third kappa shape index (κ3) is 1.16. The average molecular weight is 181 g/mol. The highest BCUT2D eigenvalue weighted by atomic mass is 35.5. The molecule has 0 unspecified atom stereocenters. The zero-order valence-corrected chi connectivity index (χ0v) is 6.78. The second-order valence-electron chi connectivity index (χ2n) is 2.30. The molecule has 2 aromatic rings. The van der Waals surface area contributed by atoms with Crippen LogP contribution in [-0.2, 0) is 0 Å². The summed E-state index contributed by atoms with van der Waals surface area (Å²) in [5, 5.41) is 8.04. The summed E-state index contributed by atoms with van der Waals surface area (Å²) in [6.07, 6.45) is 0. The molecule has 0 saturated carbocycles. The number of nitrogen functional groups attached to an aromatic ring is 1. The van der Waals surface area contributed by atoms with Gasteiger partial charge in [0, 0.05) is 5.02 Å². The van der Waals surface area contributed by atoms with Crippen LogP contribution in [-0.4, -0.2) is 15.2 Å². The topological polar surface area (TPSA) is 64.7 Å². The number of halogens is 1. The zero-order valence-electron chi connectivity index (χ0n) is 6.03. The van der Waals surface area contributed by atoms with Gasteiger partial charge < -0.3 is 5.73 Å². The molecule has 12 heavy (non-hydrogen) atoms. The number of fused-ring (bicyclic) bond motifs is 1. The predicted molar refractivity (Wildman–Crippen MR) is 46.8 cm³/mol. The minimum atomic E-state index is 0.171. The Morgan fingerprint density at radius 2 is 2.00 bits per heavy atom. The van der Waals surface area contributed by atoms with Crippen LogP contribution >= 0.6 is 11.6 Å². The fourth-order valence-corrected chi connectivity index (χ4v) is 1.09. The van der Waals surface area contributed by atoms with Crippen LogP contribution in [0.5, 0.6) is 0 Å². The van der Waals surface area contributed by atoms with E-state index in [0.717, 1.165) is 0 Å². The first-order valence-electron chi connectivity index (χ1n) is 3.31. The van der Waals surface area contributed by atoms with E-state index in [1.54, 1.807) is 18.2 Å². The van der Waals surface area contributed by atoms with Gasteiger partial charge in [0.1, 0.15) is 5.52 Å². The SMILES string of the molecule is Nc1nnc2cc(Cl)ccc2n1. The van der Waals surface area contributed by atoms with Crippen molar-refractivity contribution in [2.75, 3.05) is 5.73 Å². The van der Waals surface area contributed by atoms with Gasteiger partial charge in [0.05, 0.1) is 5.52 Å². The lowest BCUT2D eigenvalue weighted by Crippen LogP contribution is -1.97. The fraction of sp³-hybridized carbons (Fsp3) is 0. The number of hydrogen-bond donors (Lipinski definition) is 1. The first-order valence-corrected chi connectivity index (χ1v) is 3.69. The molecule has 1 heterocycles. The van der Waals surface area contributed by atoms with Crippen molar-refractivity contribution in [3.63, 3.8) is 0 Å². The van der Waals surface area contributed by atoms with Crippen molar-refractivity contribution in [3.05, 3.63) is 23.2 Å². The number of aromatic nitrogens is 3. The Morgan fingerprint density at radius 3 is 2.83 bits per heavy atom. The monoisotopic (exact) mass is 180 g/mol. The zero-order chi connectivity index (χ0) is 8.55. The van der Waals surface area contributed by atoms with Crippen LogP contribution in [0.1, 0.15) is 0 Å². The molecule has 2 rings (SSSR count). The van der Waals surface area contributed by atoms with Gasteiger partial charge in [-0.2, -0.15) is 0 Å². The van der Waals surface area contributed by atoms with Gasteiger partial charge in [-0.25, -0.2) is 4.98 Å². The van der Waals surface area contributed by atoms with Crippen molar-refractivity contribution >= 4 is 28.6 Å². The molecule has 0 atom stereocenters. The smallest absolute Gasteiger partial charge is 0.240 e. The molecule has 0 aliphatic heterocycles. The molecule has 0 spiro atoms. The van der Waals surface area contributed by atoms with Crippen LogP contribution in [0, 0.1) is 0 Å². The molecule has 1 aromatic heterocycles. The summed E-state index contributed by atoms with van der Waals surface area (Å²) in [5.74, 6) is 0.171. The lowest BCUT2D eigenvalue weighted by Gasteiger charge is -1.95. The third-order valence-electron chi connectivity index (χ3n) is 1.43. The van der Waals surface area contributed by atoms with E-state index in [1.165, 1.54) is 0 Å². The Hall–Kier alpha value is -1.42. The van der Waals surface area contributed by atoms with Gasteiger partial charge in [-0.05, 0) is 18.2 Å². The van der Waals surface area contributed by atoms with Gasteiger partial charge in [0.15, 0.2) is 0 Å². The van der Waals surface area contributed by atoms with Crippen molar-refractivity contribution < 1.29 is 0 Å². The minimum Gasteiger partial charge on any atom is -0.366 e. The lowest BCUT2D eigenvalue weighted by atomic mass is 10.3. The van der Waals surface area contributed by atoms with Crippen LogP contribution in [0.2, 0.25) is 5.02 Å². The first kappa shape index (κ1) is 7.24. The van der Waals surface area contributed by atoms with Crippen molar-refractivity contribution in [2.45, 2.75) is 0 Å². The molecule has 0 aliphatic rings. The molecule has 5 heteroatoms. The Morgan fingerprint density at radius 1 is 1.17 bits per heavy atom. The molecule has 60 valence electrons. The third-order valence-corrected chi connectivity index (χ3v) is 1.67. The molecular formula is C7H5ClN4. The maximum atomic E-state index is 5.73. The number of benzene rings is 1. The van der Waals surface area contributed by atoms with Crippen molar-refractivity contribution in [1.29, 1.82) is 0 Å². The van der Waals surface area contributed by atoms with Crippen molar-refractivity contribution in [3.8, 4) is 0 Å². The first-order chi connectivity index (χ1) is 5.75. The number of anilines is 1. The summed E-state index contributed by atoms with van der Waals surface area (Å²) >= 11 is 5.73. The van der Waals surface area contributed by atoms with Crippen LogP contribution < -0.4 is 5.73 Å². The van der Waals surface area contributed by atoms with Crippen molar-refractivity contribution in [2.24, 2.45) is 0 Å². The van der Waals surface area contributed by atoms with Gasteiger partial charge in [-0.3, -0.25) is 0 Å². The van der Waals surface area contributed by atoms with E-state index < -0.39 is 0 Å². The van der Waals surface area contributed by atoms with Gasteiger partial charge >= 0.3 is 0 Å². The van der Waals surface area contributed by atoms with Crippen molar-refractivity contribution in [1.82, 2.24) is 15.2 Å². The van der Waals surface area contributed by atoms with E-state index in [-0.39, 0.29) is 5.95 Å². The van der Waals surface area contributed by atoms with E-state index >= 15 is 0 Å². The second-order valence-corrected chi connectivity index (χ2v) is 2.74. The van der Waals surface area contributed by atoms with Crippen LogP contribution in [0.15, 0.2) is 18.2 Å². The molecule has 0 amide bonds. The van der Waals surface area contributed by atoms with E-state index in [1.807, 2.05) is 0 Å². The standard InChI is InChI=1S/C7H5ClN4/c8-4-1-2-5-6(3-4)11-12-7(9)10-5/h1-3H,(H2,9,10,12). The number of nitrogens with two attached hydrogens (primary N) is 1. The van der Waals surface area contributed by atoms with E-state index in [4.69, 9.17) is 17.3 Å². The van der Waals surface area contributed by atoms with E-state index in [0.29, 0.717) is 16.1 Å². The van der Waals surface area contributed by atoms with Crippen LogP contribution in [0.3, 0.4) is 0 Å². The Kier molecular flexibility index (Phi) is 1.55. The fourth-order valence-electron chi connectivity index (χ4n) is 0.922. The van der Waals surface area contributed by atoms with Gasteiger partial charge in [-0.1, -0.05) is 11.6 Å². The molecule has 0 aliphatic carbocycles. The quantitative estimate of drug-likeness (QED) is 0.663. The van der Waals surface area contributed by atoms with Gasteiger partial charge in [0.25, 0.3) is 0 Å². The average Bonchev–Trinajstić information content (AvgIpc) is 2.05. The molecule has 4 nitrogen and oxygen atoms in total. The second kappa shape index (κ2) is 2.57. The molecule has 0 saturated heterocycles. The molecule has 0 bridgehead atoms. The van der Waals surface area contributed by atoms with E-state index in [9.17, 15) is 0 Å². The molecular weight excluding hydrogens is 176 g/mol. The Labute approximate surface area is 73.4 Å². The maximum Gasteiger partial charge on any atom is 0.240 e. The Balaban J connectivity index is 2.79. The molecule has 0 radical (unpaired) electrons. The molecule has 2 N–H and O–H groups in total.